The van der Waals surface area contributed by atoms with Gasteiger partial charge in [-0.05, 0) is 19.9 Å². The molecular formula is C13H14N3O4-. The summed E-state index contributed by atoms with van der Waals surface area (Å²) in [5.41, 5.74) is 1.17. The molecule has 0 aliphatic carbocycles. The van der Waals surface area contributed by atoms with E-state index in [9.17, 15) is 14.8 Å². The van der Waals surface area contributed by atoms with Gasteiger partial charge in [-0.2, -0.15) is 0 Å². The Hall–Kier alpha value is -2.57. The number of benzene rings is 1. The zero-order chi connectivity index (χ0) is 14.7. The summed E-state index contributed by atoms with van der Waals surface area (Å²) in [6.07, 6.45) is 0.937. The summed E-state index contributed by atoms with van der Waals surface area (Å²) in [5.74, 6) is -0.297. The Morgan fingerprint density at radius 2 is 2.20 bits per heavy atom. The van der Waals surface area contributed by atoms with Crippen LogP contribution in [0, 0.1) is 5.21 Å². The van der Waals surface area contributed by atoms with E-state index >= 15 is 0 Å². The maximum Gasteiger partial charge on any atom is 0.231 e. The molecule has 0 fully saturated rings. The molecule has 1 heterocycles. The van der Waals surface area contributed by atoms with Gasteiger partial charge in [-0.3, -0.25) is 9.59 Å². The van der Waals surface area contributed by atoms with E-state index in [1.807, 2.05) is 0 Å². The molecule has 1 aromatic carbocycles. The molecule has 0 aliphatic heterocycles. The number of nitrogens with one attached hydrogen (secondary N) is 1. The first-order chi connectivity index (χ1) is 9.51. The van der Waals surface area contributed by atoms with Crippen LogP contribution in [0.15, 0.2) is 18.5 Å². The Morgan fingerprint density at radius 3 is 2.85 bits per heavy atom. The van der Waals surface area contributed by atoms with Crippen LogP contribution in [0.5, 0.6) is 5.75 Å². The number of aromatic nitrogens is 2. The fourth-order valence-corrected chi connectivity index (χ4v) is 1.85. The van der Waals surface area contributed by atoms with Crippen LogP contribution in [0.4, 0.5) is 5.69 Å². The van der Waals surface area contributed by atoms with Crippen molar-refractivity contribution in [1.29, 1.82) is 0 Å². The van der Waals surface area contributed by atoms with Gasteiger partial charge in [-0.25, -0.2) is 4.98 Å². The van der Waals surface area contributed by atoms with Gasteiger partial charge < -0.3 is 20.0 Å². The molecule has 106 valence electrons. The van der Waals surface area contributed by atoms with Crippen molar-refractivity contribution in [3.05, 3.63) is 23.7 Å². The number of ketones is 1. The molecule has 2 rings (SSSR count). The van der Waals surface area contributed by atoms with Crippen molar-refractivity contribution in [2.75, 3.05) is 11.9 Å². The van der Waals surface area contributed by atoms with Crippen molar-refractivity contribution in [3.8, 4) is 5.75 Å². The van der Waals surface area contributed by atoms with E-state index in [2.05, 4.69) is 10.3 Å². The molecule has 0 unspecified atom stereocenters. The molecule has 0 spiro atoms. The van der Waals surface area contributed by atoms with E-state index < -0.39 is 5.91 Å². The van der Waals surface area contributed by atoms with Gasteiger partial charge in [0.15, 0.2) is 0 Å². The van der Waals surface area contributed by atoms with Gasteiger partial charge in [0.2, 0.25) is 5.91 Å². The Kier molecular flexibility index (Phi) is 3.88. The first-order valence-corrected chi connectivity index (χ1v) is 6.12. The van der Waals surface area contributed by atoms with Crippen molar-refractivity contribution >= 4 is 28.4 Å². The van der Waals surface area contributed by atoms with Gasteiger partial charge in [-0.15, -0.1) is 0 Å². The highest BCUT2D eigenvalue weighted by Crippen LogP contribution is 2.29. The van der Waals surface area contributed by atoms with Gasteiger partial charge >= 0.3 is 0 Å². The van der Waals surface area contributed by atoms with Crippen molar-refractivity contribution in [3.63, 3.8) is 0 Å². The fourth-order valence-electron chi connectivity index (χ4n) is 1.85. The van der Waals surface area contributed by atoms with Gasteiger partial charge in [0.1, 0.15) is 17.0 Å². The number of anilines is 1. The second-order valence-corrected chi connectivity index (χ2v) is 4.27. The number of amides is 1. The van der Waals surface area contributed by atoms with Crippen molar-refractivity contribution < 1.29 is 14.3 Å². The highest BCUT2D eigenvalue weighted by Gasteiger charge is 2.11. The molecule has 2 aromatic rings. The number of carbonyl (C=O) groups excluding carboxylic acids is 2. The van der Waals surface area contributed by atoms with Gasteiger partial charge in [0.05, 0.1) is 24.9 Å². The van der Waals surface area contributed by atoms with Gasteiger partial charge in [-0.1, -0.05) is 0 Å². The van der Waals surface area contributed by atoms with Crippen LogP contribution in [-0.2, 0) is 9.59 Å². The molecule has 7 heteroatoms. The lowest BCUT2D eigenvalue weighted by Crippen LogP contribution is -2.14. The lowest BCUT2D eigenvalue weighted by Gasteiger charge is -2.13. The number of hydrogen-bond acceptors (Lipinski definition) is 5. The molecule has 0 saturated carbocycles. The molecule has 0 radical (unpaired) electrons. The summed E-state index contributed by atoms with van der Waals surface area (Å²) in [4.78, 5) is 26.4. The number of carbonyl (C=O) groups is 2. The number of nitrogens with zero attached hydrogens (tertiary/aromatic N) is 2. The molecule has 0 saturated heterocycles. The average molecular weight is 276 g/mol. The number of Topliss-reactive ketones (excluding diaryl/α,β-unsaturated/α-hetero) is 1. The van der Waals surface area contributed by atoms with Crippen molar-refractivity contribution in [2.24, 2.45) is 0 Å². The second kappa shape index (κ2) is 5.60. The lowest BCUT2D eigenvalue weighted by molar-refractivity contribution is -0.124. The summed E-state index contributed by atoms with van der Waals surface area (Å²) in [5, 5.41) is 14.2. The van der Waals surface area contributed by atoms with Gasteiger partial charge in [0.25, 0.3) is 0 Å². The molecule has 1 amide bonds. The molecule has 1 N–H and O–H groups in total. The molecule has 7 nitrogen and oxygen atoms in total. The van der Waals surface area contributed by atoms with E-state index in [0.29, 0.717) is 33.8 Å². The Balaban J connectivity index is 2.35. The number of fused-ring (bicyclic) bond motifs is 1. The zero-order valence-electron chi connectivity index (χ0n) is 11.2. The summed E-state index contributed by atoms with van der Waals surface area (Å²) >= 11 is 0. The summed E-state index contributed by atoms with van der Waals surface area (Å²) in [7, 11) is 0. The van der Waals surface area contributed by atoms with Crippen LogP contribution in [0.25, 0.3) is 11.0 Å². The van der Waals surface area contributed by atoms with Crippen LogP contribution in [0.3, 0.4) is 0 Å². The summed E-state index contributed by atoms with van der Waals surface area (Å²) in [6, 6.07) is 3.10. The third-order valence-corrected chi connectivity index (χ3v) is 2.57. The highest BCUT2D eigenvalue weighted by molar-refractivity contribution is 6.04. The maximum absolute atomic E-state index is 11.6. The predicted octanol–water partition coefficient (Wildman–Crippen LogP) is 1.70. The fraction of sp³-hybridized carbons (Fsp3) is 0.308. The van der Waals surface area contributed by atoms with Crippen LogP contribution in [-0.4, -0.2) is 28.0 Å². The van der Waals surface area contributed by atoms with E-state index in [-0.39, 0.29) is 12.2 Å². The number of imidazole rings is 1. The normalized spacial score (nSPS) is 10.5. The summed E-state index contributed by atoms with van der Waals surface area (Å²) in [6.45, 7) is 3.51. The molecule has 1 aromatic heterocycles. The Bertz CT molecular complexity index is 663. The van der Waals surface area contributed by atoms with Crippen LogP contribution < -0.4 is 10.1 Å². The molecular weight excluding hydrogens is 262 g/mol. The monoisotopic (exact) mass is 276 g/mol. The standard InChI is InChI=1S/C13H14N3O4/c1-3-20-11-6-9(15-12(18)4-8(2)17)5-10-13(11)16(19)7-14-10/h5-7H,3-4H2,1-2H3,(H,15,18)/q-1. The van der Waals surface area contributed by atoms with Crippen molar-refractivity contribution in [2.45, 2.75) is 20.3 Å². The summed E-state index contributed by atoms with van der Waals surface area (Å²) < 4.78 is 6.00. The lowest BCUT2D eigenvalue weighted by atomic mass is 10.2. The Labute approximate surface area is 115 Å². The number of ether oxygens (including phenoxy) is 1. The maximum atomic E-state index is 11.6. The minimum Gasteiger partial charge on any atom is -0.804 e. The van der Waals surface area contributed by atoms with Crippen LogP contribution in [0.1, 0.15) is 20.3 Å². The van der Waals surface area contributed by atoms with E-state index in [1.165, 1.54) is 6.92 Å². The van der Waals surface area contributed by atoms with E-state index in [1.54, 1.807) is 19.1 Å². The number of hydrogen-bond donors (Lipinski definition) is 1. The first kappa shape index (κ1) is 13.9. The zero-order valence-corrected chi connectivity index (χ0v) is 11.2. The highest BCUT2D eigenvalue weighted by atomic mass is 16.5. The molecule has 0 bridgehead atoms. The average Bonchev–Trinajstić information content (AvgIpc) is 2.70. The second-order valence-electron chi connectivity index (χ2n) is 4.27. The van der Waals surface area contributed by atoms with E-state index in [4.69, 9.17) is 4.74 Å². The SMILES string of the molecule is CCOc1cc(NC(=O)CC(C)=O)cc2ncn([O-])c12. The largest absolute Gasteiger partial charge is 0.804 e. The molecule has 0 atom stereocenters. The van der Waals surface area contributed by atoms with Crippen LogP contribution in [0.2, 0.25) is 0 Å². The Morgan fingerprint density at radius 1 is 1.45 bits per heavy atom. The minimum atomic E-state index is -0.416. The first-order valence-electron chi connectivity index (χ1n) is 6.12. The number of rotatable bonds is 5. The van der Waals surface area contributed by atoms with Gasteiger partial charge in [0, 0.05) is 11.8 Å². The smallest absolute Gasteiger partial charge is 0.231 e. The third-order valence-electron chi connectivity index (χ3n) is 2.57. The minimum absolute atomic E-state index is 0.196. The quantitative estimate of drug-likeness (QED) is 0.838. The predicted molar refractivity (Wildman–Crippen MR) is 73.6 cm³/mol. The van der Waals surface area contributed by atoms with Crippen molar-refractivity contribution in [1.82, 2.24) is 9.71 Å². The third kappa shape index (κ3) is 2.87. The van der Waals surface area contributed by atoms with Crippen LogP contribution >= 0.6 is 0 Å². The molecule has 0 aliphatic rings. The van der Waals surface area contributed by atoms with E-state index in [0.717, 1.165) is 6.33 Å². The molecule has 20 heavy (non-hydrogen) atoms. The topological polar surface area (TPSA) is 96.3 Å².